The molecule has 4 nitrogen and oxygen atoms in total. The van der Waals surface area contributed by atoms with Crippen LogP contribution in [0.3, 0.4) is 0 Å². The van der Waals surface area contributed by atoms with Crippen LogP contribution in [0, 0.1) is 23.2 Å². The minimum atomic E-state index is -6.00. The highest BCUT2D eigenvalue weighted by molar-refractivity contribution is 6.50. The van der Waals surface area contributed by atoms with Gasteiger partial charge in [0.15, 0.2) is 0 Å². The summed E-state index contributed by atoms with van der Waals surface area (Å²) in [4.78, 5) is 0. The van der Waals surface area contributed by atoms with Crippen LogP contribution in [0.5, 0.6) is 0 Å². The molecule has 0 saturated heterocycles. The molecule has 0 atom stereocenters. The Labute approximate surface area is 128 Å². The van der Waals surface area contributed by atoms with Crippen molar-refractivity contribution in [1.82, 2.24) is 4.57 Å². The van der Waals surface area contributed by atoms with E-state index in [4.69, 9.17) is 10.5 Å². The van der Waals surface area contributed by atoms with E-state index >= 15 is 0 Å². The van der Waals surface area contributed by atoms with Gasteiger partial charge in [0.2, 0.25) is 6.33 Å². The Balaban J connectivity index is -0.000000107. The van der Waals surface area contributed by atoms with Crippen LogP contribution < -0.4 is 4.57 Å². The minimum Gasteiger partial charge on any atom is -0.418 e. The first kappa shape index (κ1) is 28.9. The fourth-order valence-corrected chi connectivity index (χ4v) is 0.689. The van der Waals surface area contributed by atoms with Crippen LogP contribution in [0.15, 0.2) is 18.7 Å². The normalized spacial score (nSPS) is 9.04. The summed E-state index contributed by atoms with van der Waals surface area (Å²) in [6.07, 6.45) is 6.14. The number of nitrogens with zero attached hydrogens (tertiary/aromatic N) is 4. The van der Waals surface area contributed by atoms with Crippen molar-refractivity contribution in [3.8, 4) is 12.6 Å². The second-order valence-corrected chi connectivity index (χ2v) is 3.12. The molecule has 0 aliphatic carbocycles. The molecule has 0 amide bonds. The number of rotatable bonds is 1. The zero-order chi connectivity index (χ0) is 19.7. The molecule has 0 bridgehead atoms. The van der Waals surface area contributed by atoms with E-state index in [1.54, 1.807) is 6.07 Å². The molecule has 0 fully saturated rings. The Kier molecular flexibility index (Phi) is 20.2. The van der Waals surface area contributed by atoms with Crippen LogP contribution in [-0.2, 0) is 13.6 Å². The maximum atomic E-state index is 9.75. The molecule has 1 heterocycles. The Morgan fingerprint density at radius 1 is 1.04 bits per heavy atom. The number of aromatic nitrogens is 2. The fourth-order valence-electron chi connectivity index (χ4n) is 0.689. The standard InChI is InChI=1S/C6H11N2.C2H3N.CHN.2BF4/c1-3-8-5-4-7(2)6-8;1-2-3;1-2;2*2-1(3,4)5/h4-6H,3H2,1-2H3;1H3;1H;;/q+1;;;2*-1. The highest BCUT2D eigenvalue weighted by Crippen LogP contribution is 2.07. The van der Waals surface area contributed by atoms with E-state index in [0.717, 1.165) is 6.54 Å². The van der Waals surface area contributed by atoms with Crippen molar-refractivity contribution in [2.75, 3.05) is 0 Å². The number of hydrogen-bond acceptors (Lipinski definition) is 2. The van der Waals surface area contributed by atoms with Gasteiger partial charge in [-0.3, -0.25) is 0 Å². The van der Waals surface area contributed by atoms with Crippen molar-refractivity contribution in [3.05, 3.63) is 18.7 Å². The van der Waals surface area contributed by atoms with Crippen molar-refractivity contribution < 1.29 is 39.1 Å². The lowest BCUT2D eigenvalue weighted by atomic mass is 10.3. The number of hydrogen-bond donors (Lipinski definition) is 0. The van der Waals surface area contributed by atoms with E-state index in [9.17, 15) is 34.5 Å². The van der Waals surface area contributed by atoms with E-state index in [-0.39, 0.29) is 0 Å². The van der Waals surface area contributed by atoms with Gasteiger partial charge in [-0.25, -0.2) is 14.4 Å². The molecule has 0 spiro atoms. The SMILES string of the molecule is C#N.CC#N.CCn1cc[n+](C)c1.F[B-](F)(F)F.F[B-](F)(F)F. The second-order valence-electron chi connectivity index (χ2n) is 3.12. The van der Waals surface area contributed by atoms with Crippen molar-refractivity contribution in [2.45, 2.75) is 20.4 Å². The van der Waals surface area contributed by atoms with Gasteiger partial charge in [0, 0.05) is 13.5 Å². The zero-order valence-corrected chi connectivity index (χ0v) is 12.5. The van der Waals surface area contributed by atoms with Crippen molar-refractivity contribution >= 4 is 14.5 Å². The molecule has 0 aromatic carbocycles. The summed E-state index contributed by atoms with van der Waals surface area (Å²) < 4.78 is 82.2. The molecule has 0 aliphatic rings. The molecule has 0 aliphatic heterocycles. The predicted octanol–water partition coefficient (Wildman–Crippen LogP) is 3.60. The van der Waals surface area contributed by atoms with Gasteiger partial charge < -0.3 is 34.5 Å². The highest BCUT2D eigenvalue weighted by atomic mass is 19.5. The summed E-state index contributed by atoms with van der Waals surface area (Å²) >= 11 is 0. The van der Waals surface area contributed by atoms with Gasteiger partial charge in [-0.2, -0.15) is 5.26 Å². The topological polar surface area (TPSA) is 56.4 Å². The number of aryl methyl sites for hydroxylation is 2. The lowest BCUT2D eigenvalue weighted by molar-refractivity contribution is -0.671. The van der Waals surface area contributed by atoms with Crippen LogP contribution in [0.1, 0.15) is 13.8 Å². The minimum absolute atomic E-state index is 1.06. The molecular weight excluding hydrogens is 338 g/mol. The molecule has 0 saturated carbocycles. The van der Waals surface area contributed by atoms with Crippen LogP contribution in [0.25, 0.3) is 0 Å². The quantitative estimate of drug-likeness (QED) is 0.440. The summed E-state index contributed by atoms with van der Waals surface area (Å²) in [5, 5.41) is 13.8. The van der Waals surface area contributed by atoms with Gasteiger partial charge in [0.25, 0.3) is 0 Å². The zero-order valence-electron chi connectivity index (χ0n) is 12.5. The number of halogens is 8. The maximum Gasteiger partial charge on any atom is 0.673 e. The molecule has 23 heavy (non-hydrogen) atoms. The number of imidazole rings is 1. The molecule has 1 rings (SSSR count). The largest absolute Gasteiger partial charge is 0.673 e. The average molecular weight is 353 g/mol. The summed E-state index contributed by atoms with van der Waals surface area (Å²) in [6.45, 7) is 8.11. The van der Waals surface area contributed by atoms with Crippen LogP contribution in [-0.4, -0.2) is 19.1 Å². The average Bonchev–Trinajstić information content (AvgIpc) is 2.74. The van der Waals surface area contributed by atoms with Gasteiger partial charge in [-0.15, -0.1) is 0 Å². The van der Waals surface area contributed by atoms with Crippen LogP contribution in [0.4, 0.5) is 34.5 Å². The summed E-state index contributed by atoms with van der Waals surface area (Å²) in [5.74, 6) is 0. The van der Waals surface area contributed by atoms with E-state index in [1.807, 2.05) is 17.8 Å². The van der Waals surface area contributed by atoms with E-state index in [1.165, 1.54) is 6.92 Å². The third kappa shape index (κ3) is 81.2. The van der Waals surface area contributed by atoms with Crippen molar-refractivity contribution in [3.63, 3.8) is 0 Å². The predicted molar refractivity (Wildman–Crippen MR) is 69.6 cm³/mol. The molecule has 1 aromatic heterocycles. The summed E-state index contributed by atoms with van der Waals surface area (Å²) in [5.41, 5.74) is 0. The summed E-state index contributed by atoms with van der Waals surface area (Å²) in [7, 11) is -9.98. The smallest absolute Gasteiger partial charge is 0.418 e. The molecule has 14 heteroatoms. The first-order valence-corrected chi connectivity index (χ1v) is 5.56. The third-order valence-electron chi connectivity index (χ3n) is 1.19. The number of nitriles is 2. The molecule has 134 valence electrons. The summed E-state index contributed by atoms with van der Waals surface area (Å²) in [6, 6.07) is 1.75. The Morgan fingerprint density at radius 3 is 1.39 bits per heavy atom. The molecule has 0 N–H and O–H groups in total. The van der Waals surface area contributed by atoms with Gasteiger partial charge in [0.1, 0.15) is 12.4 Å². The fraction of sp³-hybridized carbons (Fsp3) is 0.444. The Bertz CT molecular complexity index is 411. The maximum absolute atomic E-state index is 9.75. The second kappa shape index (κ2) is 16.1. The van der Waals surface area contributed by atoms with Crippen molar-refractivity contribution in [1.29, 1.82) is 10.5 Å². The van der Waals surface area contributed by atoms with Gasteiger partial charge in [0.05, 0.1) is 19.7 Å². The monoisotopic (exact) mass is 353 g/mol. The van der Waals surface area contributed by atoms with E-state index < -0.39 is 14.5 Å². The first-order valence-electron chi connectivity index (χ1n) is 5.56. The first-order chi connectivity index (χ1) is 10.2. The van der Waals surface area contributed by atoms with E-state index in [0.29, 0.717) is 0 Å². The van der Waals surface area contributed by atoms with Crippen LogP contribution in [0.2, 0.25) is 0 Å². The Morgan fingerprint density at radius 2 is 1.30 bits per heavy atom. The van der Waals surface area contributed by atoms with E-state index in [2.05, 4.69) is 30.6 Å². The third-order valence-corrected chi connectivity index (χ3v) is 1.19. The lowest BCUT2D eigenvalue weighted by Gasteiger charge is -1.94. The lowest BCUT2D eigenvalue weighted by Crippen LogP contribution is -2.23. The van der Waals surface area contributed by atoms with Crippen molar-refractivity contribution in [2.24, 2.45) is 7.05 Å². The Hall–Kier alpha value is -2.24. The van der Waals surface area contributed by atoms with Gasteiger partial charge in [-0.1, -0.05) is 0 Å². The van der Waals surface area contributed by atoms with Gasteiger partial charge >= 0.3 is 14.5 Å². The van der Waals surface area contributed by atoms with Crippen LogP contribution >= 0.6 is 0 Å². The molecule has 1 aromatic rings. The molecule has 0 unspecified atom stereocenters. The highest BCUT2D eigenvalue weighted by Gasteiger charge is 2.21. The molecular formula is C9H15B2F8N4-. The van der Waals surface area contributed by atoms with Gasteiger partial charge in [-0.05, 0) is 6.92 Å². The molecule has 0 radical (unpaired) electrons.